The molecular formula is C14H19BrO3. The van der Waals surface area contributed by atoms with E-state index in [0.29, 0.717) is 4.83 Å². The molecule has 1 aliphatic carbocycles. The number of ether oxygens (including phenoxy) is 3. The van der Waals surface area contributed by atoms with Gasteiger partial charge < -0.3 is 14.2 Å². The van der Waals surface area contributed by atoms with Crippen LogP contribution in [0.3, 0.4) is 0 Å². The number of hydrogen-bond acceptors (Lipinski definition) is 3. The van der Waals surface area contributed by atoms with Gasteiger partial charge >= 0.3 is 0 Å². The Labute approximate surface area is 117 Å². The maximum Gasteiger partial charge on any atom is 0.127 e. The Balaban J connectivity index is 2.14. The average molecular weight is 315 g/mol. The van der Waals surface area contributed by atoms with Gasteiger partial charge in [-0.25, -0.2) is 0 Å². The van der Waals surface area contributed by atoms with E-state index in [1.54, 1.807) is 14.2 Å². The van der Waals surface area contributed by atoms with E-state index < -0.39 is 0 Å². The van der Waals surface area contributed by atoms with E-state index in [9.17, 15) is 0 Å². The third-order valence-electron chi connectivity index (χ3n) is 3.66. The first-order chi connectivity index (χ1) is 8.47. The molecule has 1 aromatic carbocycles. The third-order valence-corrected chi connectivity index (χ3v) is 5.22. The van der Waals surface area contributed by atoms with Crippen LogP contribution in [-0.2, 0) is 0 Å². The quantitative estimate of drug-likeness (QED) is 0.794. The van der Waals surface area contributed by atoms with Gasteiger partial charge in [-0.15, -0.1) is 0 Å². The molecule has 2 unspecified atom stereocenters. The Bertz CT molecular complexity index is 409. The molecule has 1 fully saturated rings. The van der Waals surface area contributed by atoms with Gasteiger partial charge in [0.05, 0.1) is 14.2 Å². The number of hydrogen-bond donors (Lipinski definition) is 0. The molecule has 1 saturated carbocycles. The molecule has 0 spiro atoms. The van der Waals surface area contributed by atoms with Gasteiger partial charge in [-0.1, -0.05) is 29.8 Å². The first kappa shape index (κ1) is 13.5. The van der Waals surface area contributed by atoms with Gasteiger partial charge in [-0.05, 0) is 6.42 Å². The van der Waals surface area contributed by atoms with Gasteiger partial charge in [0.2, 0.25) is 0 Å². The summed E-state index contributed by atoms with van der Waals surface area (Å²) in [6.07, 6.45) is 1.24. The van der Waals surface area contributed by atoms with Gasteiger partial charge in [0, 0.05) is 28.4 Å². The van der Waals surface area contributed by atoms with Crippen molar-refractivity contribution in [2.75, 3.05) is 14.2 Å². The fraction of sp³-hybridized carbons (Fsp3) is 0.571. The number of benzene rings is 1. The summed E-state index contributed by atoms with van der Waals surface area (Å²) >= 11 is 3.66. The molecule has 100 valence electrons. The van der Waals surface area contributed by atoms with Crippen LogP contribution in [0.4, 0.5) is 0 Å². The van der Waals surface area contributed by atoms with Crippen molar-refractivity contribution >= 4 is 15.9 Å². The first-order valence-electron chi connectivity index (χ1n) is 6.01. The zero-order valence-electron chi connectivity index (χ0n) is 11.2. The Hall–Kier alpha value is -0.900. The zero-order chi connectivity index (χ0) is 13.3. The standard InChI is InChI=1S/C14H19BrO3/c1-14(2)12(15)8-13(14)18-11-6-9(16-3)5-10(7-11)17-4/h5-7,12-13H,8H2,1-4H3. The lowest BCUT2D eigenvalue weighted by Crippen LogP contribution is -2.53. The van der Waals surface area contributed by atoms with Gasteiger partial charge in [-0.2, -0.15) is 0 Å². The van der Waals surface area contributed by atoms with Crippen LogP contribution in [0.5, 0.6) is 17.2 Å². The Morgan fingerprint density at radius 2 is 1.56 bits per heavy atom. The second kappa shape index (κ2) is 5.00. The minimum absolute atomic E-state index is 0.149. The third kappa shape index (κ3) is 2.44. The Morgan fingerprint density at radius 1 is 1.06 bits per heavy atom. The number of rotatable bonds is 4. The molecular weight excluding hydrogens is 296 g/mol. The van der Waals surface area contributed by atoms with Crippen LogP contribution in [-0.4, -0.2) is 25.2 Å². The summed E-state index contributed by atoms with van der Waals surface area (Å²) in [6, 6.07) is 5.62. The molecule has 0 aromatic heterocycles. The van der Waals surface area contributed by atoms with Gasteiger partial charge in [0.1, 0.15) is 23.4 Å². The molecule has 0 N–H and O–H groups in total. The highest BCUT2D eigenvalue weighted by molar-refractivity contribution is 9.09. The first-order valence-corrected chi connectivity index (χ1v) is 6.92. The molecule has 2 atom stereocenters. The van der Waals surface area contributed by atoms with E-state index in [4.69, 9.17) is 14.2 Å². The van der Waals surface area contributed by atoms with Gasteiger partial charge in [0.15, 0.2) is 0 Å². The van der Waals surface area contributed by atoms with Crippen molar-refractivity contribution in [3.8, 4) is 17.2 Å². The Morgan fingerprint density at radius 3 is 1.94 bits per heavy atom. The highest BCUT2D eigenvalue weighted by Gasteiger charge is 2.48. The van der Waals surface area contributed by atoms with Gasteiger partial charge in [-0.3, -0.25) is 0 Å². The van der Waals surface area contributed by atoms with Crippen molar-refractivity contribution in [2.45, 2.75) is 31.2 Å². The van der Waals surface area contributed by atoms with Crippen molar-refractivity contribution in [2.24, 2.45) is 5.41 Å². The molecule has 1 aromatic rings. The summed E-state index contributed by atoms with van der Waals surface area (Å²) in [4.78, 5) is 0.516. The predicted octanol–water partition coefficient (Wildman–Crippen LogP) is 3.64. The van der Waals surface area contributed by atoms with Crippen molar-refractivity contribution in [1.82, 2.24) is 0 Å². The SMILES string of the molecule is COc1cc(OC)cc(OC2CC(Br)C2(C)C)c1. The summed E-state index contributed by atoms with van der Waals surface area (Å²) < 4.78 is 16.5. The fourth-order valence-corrected chi connectivity index (χ4v) is 2.68. The van der Waals surface area contributed by atoms with E-state index in [1.165, 1.54) is 0 Å². The monoisotopic (exact) mass is 314 g/mol. The largest absolute Gasteiger partial charge is 0.496 e. The summed E-state index contributed by atoms with van der Waals surface area (Å²) in [6.45, 7) is 4.41. The van der Waals surface area contributed by atoms with Crippen molar-refractivity contribution in [3.05, 3.63) is 18.2 Å². The van der Waals surface area contributed by atoms with Crippen molar-refractivity contribution in [1.29, 1.82) is 0 Å². The smallest absolute Gasteiger partial charge is 0.127 e. The minimum atomic E-state index is 0.149. The molecule has 1 aliphatic rings. The summed E-state index contributed by atoms with van der Waals surface area (Å²) in [5.74, 6) is 2.29. The maximum absolute atomic E-state index is 6.03. The second-order valence-electron chi connectivity index (χ2n) is 5.18. The zero-order valence-corrected chi connectivity index (χ0v) is 12.8. The molecule has 0 aliphatic heterocycles. The van der Waals surface area contributed by atoms with Crippen LogP contribution in [0.15, 0.2) is 18.2 Å². The molecule has 4 heteroatoms. The van der Waals surface area contributed by atoms with E-state index in [1.807, 2.05) is 18.2 Å². The summed E-state index contributed by atoms with van der Waals surface area (Å²) in [5.41, 5.74) is 0.149. The van der Waals surface area contributed by atoms with Crippen LogP contribution in [0.2, 0.25) is 0 Å². The lowest BCUT2D eigenvalue weighted by atomic mass is 9.69. The van der Waals surface area contributed by atoms with E-state index in [2.05, 4.69) is 29.8 Å². The van der Waals surface area contributed by atoms with Crippen LogP contribution in [0.25, 0.3) is 0 Å². The highest BCUT2D eigenvalue weighted by atomic mass is 79.9. The Kier molecular flexibility index (Phi) is 3.76. The maximum atomic E-state index is 6.03. The minimum Gasteiger partial charge on any atom is -0.496 e. The molecule has 0 saturated heterocycles. The number of halogens is 1. The average Bonchev–Trinajstić information content (AvgIpc) is 2.38. The van der Waals surface area contributed by atoms with Crippen LogP contribution in [0, 0.1) is 5.41 Å². The topological polar surface area (TPSA) is 27.7 Å². The summed E-state index contributed by atoms with van der Waals surface area (Å²) in [7, 11) is 3.28. The number of alkyl halides is 1. The van der Waals surface area contributed by atoms with Crippen LogP contribution >= 0.6 is 15.9 Å². The fourth-order valence-electron chi connectivity index (χ4n) is 2.05. The normalized spacial score (nSPS) is 25.2. The van der Waals surface area contributed by atoms with Crippen molar-refractivity contribution < 1.29 is 14.2 Å². The lowest BCUT2D eigenvalue weighted by molar-refractivity contribution is -0.00801. The molecule has 2 rings (SSSR count). The van der Waals surface area contributed by atoms with E-state index in [-0.39, 0.29) is 11.5 Å². The lowest BCUT2D eigenvalue weighted by Gasteiger charge is -2.48. The molecule has 0 radical (unpaired) electrons. The van der Waals surface area contributed by atoms with Gasteiger partial charge in [0.25, 0.3) is 0 Å². The van der Waals surface area contributed by atoms with Crippen LogP contribution in [0.1, 0.15) is 20.3 Å². The molecule has 0 bridgehead atoms. The second-order valence-corrected chi connectivity index (χ2v) is 6.28. The molecule has 0 heterocycles. The highest BCUT2D eigenvalue weighted by Crippen LogP contribution is 2.47. The van der Waals surface area contributed by atoms with Crippen molar-refractivity contribution in [3.63, 3.8) is 0 Å². The molecule has 18 heavy (non-hydrogen) atoms. The predicted molar refractivity (Wildman–Crippen MR) is 75.1 cm³/mol. The van der Waals surface area contributed by atoms with E-state index >= 15 is 0 Å². The number of methoxy groups -OCH3 is 2. The molecule has 3 nitrogen and oxygen atoms in total. The van der Waals surface area contributed by atoms with Crippen LogP contribution < -0.4 is 14.2 Å². The molecule has 0 amide bonds. The summed E-state index contributed by atoms with van der Waals surface area (Å²) in [5, 5.41) is 0. The van der Waals surface area contributed by atoms with E-state index in [0.717, 1.165) is 23.7 Å².